The molecule has 1 aromatic rings. The second-order valence-electron chi connectivity index (χ2n) is 6.61. The van der Waals surface area contributed by atoms with Gasteiger partial charge in [0.05, 0.1) is 25.7 Å². The third kappa shape index (κ3) is 4.82. The Morgan fingerprint density at radius 1 is 1.32 bits per heavy atom. The molecule has 1 saturated carbocycles. The highest BCUT2D eigenvalue weighted by Crippen LogP contribution is 2.40. The van der Waals surface area contributed by atoms with E-state index >= 15 is 0 Å². The predicted octanol–water partition coefficient (Wildman–Crippen LogP) is 3.39. The Labute approximate surface area is 160 Å². The fraction of sp³-hybridized carbons (Fsp3) is 0.632. The molecule has 0 radical (unpaired) electrons. The monoisotopic (exact) mass is 413 g/mol. The SMILES string of the molecule is Br.CCOC(=O)[C@H]1CC2(CC[C@H]1N[C@H](C)c1ccccc1)OCCO2. The molecule has 2 aliphatic rings. The van der Waals surface area contributed by atoms with E-state index in [9.17, 15) is 4.79 Å². The van der Waals surface area contributed by atoms with Gasteiger partial charge in [-0.3, -0.25) is 4.79 Å². The number of hydrogen-bond donors (Lipinski definition) is 1. The molecule has 0 bridgehead atoms. The molecule has 3 atom stereocenters. The zero-order valence-corrected chi connectivity index (χ0v) is 16.6. The molecule has 2 fully saturated rings. The number of carbonyl (C=O) groups excluding carboxylic acids is 1. The molecule has 25 heavy (non-hydrogen) atoms. The molecule has 1 saturated heterocycles. The molecule has 1 aromatic carbocycles. The first-order valence-electron chi connectivity index (χ1n) is 8.89. The standard InChI is InChI=1S/C19H27NO4.BrH/c1-3-22-18(21)16-13-19(23-11-12-24-19)10-9-17(16)20-14(2)15-7-5-4-6-8-15;/h4-8,14,16-17,20H,3,9-13H2,1-2H3;1H/t14-,16+,17-;/m1./s1. The van der Waals surface area contributed by atoms with Crippen molar-refractivity contribution in [3.63, 3.8) is 0 Å². The molecule has 5 nitrogen and oxygen atoms in total. The summed E-state index contributed by atoms with van der Waals surface area (Å²) in [6.45, 7) is 5.58. The Kier molecular flexibility index (Phi) is 7.43. The lowest BCUT2D eigenvalue weighted by molar-refractivity contribution is -0.199. The minimum atomic E-state index is -0.592. The fourth-order valence-corrected chi connectivity index (χ4v) is 3.77. The van der Waals surface area contributed by atoms with Crippen molar-refractivity contribution >= 4 is 23.0 Å². The summed E-state index contributed by atoms with van der Waals surface area (Å²) in [5.74, 6) is -0.998. The molecule has 1 N–H and O–H groups in total. The van der Waals surface area contributed by atoms with E-state index in [1.807, 2.05) is 25.1 Å². The van der Waals surface area contributed by atoms with Crippen LogP contribution in [-0.2, 0) is 19.0 Å². The van der Waals surface area contributed by atoms with Gasteiger partial charge in [0.2, 0.25) is 0 Å². The van der Waals surface area contributed by atoms with Gasteiger partial charge in [-0.1, -0.05) is 30.3 Å². The maximum absolute atomic E-state index is 12.5. The van der Waals surface area contributed by atoms with Gasteiger partial charge in [-0.25, -0.2) is 0 Å². The average Bonchev–Trinajstić information content (AvgIpc) is 3.05. The van der Waals surface area contributed by atoms with E-state index in [2.05, 4.69) is 24.4 Å². The summed E-state index contributed by atoms with van der Waals surface area (Å²) in [7, 11) is 0. The number of ether oxygens (including phenoxy) is 3. The van der Waals surface area contributed by atoms with E-state index in [1.165, 1.54) is 5.56 Å². The number of benzene rings is 1. The Hall–Kier alpha value is -0.950. The van der Waals surface area contributed by atoms with Crippen LogP contribution in [0, 0.1) is 5.92 Å². The fourth-order valence-electron chi connectivity index (χ4n) is 3.77. The smallest absolute Gasteiger partial charge is 0.310 e. The van der Waals surface area contributed by atoms with Crippen LogP contribution in [0.5, 0.6) is 0 Å². The molecule has 0 unspecified atom stereocenters. The van der Waals surface area contributed by atoms with Crippen molar-refractivity contribution in [3.8, 4) is 0 Å². The zero-order valence-electron chi connectivity index (χ0n) is 14.9. The Balaban J connectivity index is 0.00000225. The molecular weight excluding hydrogens is 386 g/mol. The summed E-state index contributed by atoms with van der Waals surface area (Å²) >= 11 is 0. The van der Waals surface area contributed by atoms with Gasteiger partial charge in [0.1, 0.15) is 0 Å². The van der Waals surface area contributed by atoms with Crippen LogP contribution in [0.25, 0.3) is 0 Å². The lowest BCUT2D eigenvalue weighted by Gasteiger charge is -2.41. The highest BCUT2D eigenvalue weighted by atomic mass is 79.9. The third-order valence-electron chi connectivity index (χ3n) is 5.02. The predicted molar refractivity (Wildman–Crippen MR) is 101 cm³/mol. The molecule has 1 spiro atoms. The van der Waals surface area contributed by atoms with E-state index in [1.54, 1.807) is 0 Å². The van der Waals surface area contributed by atoms with E-state index < -0.39 is 5.79 Å². The van der Waals surface area contributed by atoms with Crippen molar-refractivity contribution < 1.29 is 19.0 Å². The molecule has 3 rings (SSSR count). The Bertz CT molecular complexity index is 548. The summed E-state index contributed by atoms with van der Waals surface area (Å²) in [5.41, 5.74) is 1.22. The number of rotatable bonds is 5. The number of carbonyl (C=O) groups is 1. The van der Waals surface area contributed by atoms with E-state index in [0.29, 0.717) is 26.2 Å². The molecule has 6 heteroatoms. The largest absolute Gasteiger partial charge is 0.466 e. The summed E-state index contributed by atoms with van der Waals surface area (Å²) in [5, 5.41) is 3.62. The zero-order chi connectivity index (χ0) is 17.0. The van der Waals surface area contributed by atoms with Gasteiger partial charge in [-0.15, -0.1) is 17.0 Å². The van der Waals surface area contributed by atoms with Crippen LogP contribution in [0.3, 0.4) is 0 Å². The number of nitrogens with one attached hydrogen (secondary N) is 1. The molecule has 0 amide bonds. The number of esters is 1. The van der Waals surface area contributed by atoms with Crippen LogP contribution >= 0.6 is 17.0 Å². The highest BCUT2D eigenvalue weighted by molar-refractivity contribution is 8.93. The van der Waals surface area contributed by atoms with E-state index in [4.69, 9.17) is 14.2 Å². The summed E-state index contributed by atoms with van der Waals surface area (Å²) in [4.78, 5) is 12.5. The van der Waals surface area contributed by atoms with Crippen LogP contribution < -0.4 is 5.32 Å². The second-order valence-corrected chi connectivity index (χ2v) is 6.61. The van der Waals surface area contributed by atoms with Gasteiger partial charge in [-0.05, 0) is 25.8 Å². The van der Waals surface area contributed by atoms with E-state index in [-0.39, 0.29) is 41.0 Å². The first-order valence-corrected chi connectivity index (χ1v) is 8.89. The minimum Gasteiger partial charge on any atom is -0.466 e. The number of hydrogen-bond acceptors (Lipinski definition) is 5. The molecule has 0 aromatic heterocycles. The average molecular weight is 414 g/mol. The van der Waals surface area contributed by atoms with Crippen molar-refractivity contribution in [1.29, 1.82) is 0 Å². The Morgan fingerprint density at radius 2 is 2.00 bits per heavy atom. The molecule has 1 heterocycles. The van der Waals surface area contributed by atoms with Gasteiger partial charge in [0.25, 0.3) is 0 Å². The van der Waals surface area contributed by atoms with Crippen LogP contribution in [0.1, 0.15) is 44.7 Å². The van der Waals surface area contributed by atoms with Crippen LogP contribution in [0.4, 0.5) is 0 Å². The molecule has 140 valence electrons. The van der Waals surface area contributed by atoms with Gasteiger partial charge >= 0.3 is 5.97 Å². The van der Waals surface area contributed by atoms with Gasteiger partial charge < -0.3 is 19.5 Å². The second kappa shape index (κ2) is 9.12. The lowest BCUT2D eigenvalue weighted by atomic mass is 9.80. The lowest BCUT2D eigenvalue weighted by Crippen LogP contribution is -2.51. The number of halogens is 1. The topological polar surface area (TPSA) is 56.8 Å². The van der Waals surface area contributed by atoms with Gasteiger partial charge in [-0.2, -0.15) is 0 Å². The van der Waals surface area contributed by atoms with Crippen LogP contribution in [0.2, 0.25) is 0 Å². The van der Waals surface area contributed by atoms with E-state index in [0.717, 1.165) is 12.8 Å². The third-order valence-corrected chi connectivity index (χ3v) is 5.02. The highest BCUT2D eigenvalue weighted by Gasteiger charge is 2.48. The summed E-state index contributed by atoms with van der Waals surface area (Å²) < 4.78 is 17.0. The molecular formula is C19H28BrNO4. The van der Waals surface area contributed by atoms with Crippen molar-refractivity contribution in [2.45, 2.75) is 51.0 Å². The van der Waals surface area contributed by atoms with Crippen molar-refractivity contribution in [2.75, 3.05) is 19.8 Å². The summed E-state index contributed by atoms with van der Waals surface area (Å²) in [6.07, 6.45) is 2.20. The molecule has 1 aliphatic carbocycles. The first kappa shape index (κ1) is 20.4. The van der Waals surface area contributed by atoms with Crippen molar-refractivity contribution in [1.82, 2.24) is 5.32 Å². The van der Waals surface area contributed by atoms with Crippen molar-refractivity contribution in [3.05, 3.63) is 35.9 Å². The first-order chi connectivity index (χ1) is 11.6. The quantitative estimate of drug-likeness (QED) is 0.749. The minimum absolute atomic E-state index is 0. The normalized spacial score (nSPS) is 26.0. The molecule has 1 aliphatic heterocycles. The van der Waals surface area contributed by atoms with Crippen LogP contribution in [0.15, 0.2) is 30.3 Å². The van der Waals surface area contributed by atoms with Gasteiger partial charge in [0, 0.05) is 24.9 Å². The van der Waals surface area contributed by atoms with Crippen LogP contribution in [-0.4, -0.2) is 37.6 Å². The summed E-state index contributed by atoms with van der Waals surface area (Å²) in [6, 6.07) is 10.5. The Morgan fingerprint density at radius 3 is 2.64 bits per heavy atom. The maximum atomic E-state index is 12.5. The van der Waals surface area contributed by atoms with Crippen molar-refractivity contribution in [2.24, 2.45) is 5.92 Å². The van der Waals surface area contributed by atoms with Gasteiger partial charge in [0.15, 0.2) is 5.79 Å². The maximum Gasteiger partial charge on any atom is 0.310 e.